The first-order valence-corrected chi connectivity index (χ1v) is 15.9. The largest absolute Gasteiger partial charge is 0.477 e. The van der Waals surface area contributed by atoms with Crippen LogP contribution in [0.1, 0.15) is 74.8 Å². The lowest BCUT2D eigenvalue weighted by Gasteiger charge is -2.36. The summed E-state index contributed by atoms with van der Waals surface area (Å²) in [6.45, 7) is 4.97. The van der Waals surface area contributed by atoms with E-state index in [4.69, 9.17) is 4.74 Å². The van der Waals surface area contributed by atoms with Crippen molar-refractivity contribution < 1.29 is 33.4 Å². The van der Waals surface area contributed by atoms with Gasteiger partial charge in [-0.3, -0.25) is 9.59 Å². The topological polar surface area (TPSA) is 130 Å². The number of benzene rings is 2. The Balaban J connectivity index is 1.30. The fraction of sp³-hybridized carbons (Fsp3) is 0.486. The molecule has 1 aromatic heterocycles. The Kier molecular flexibility index (Phi) is 9.69. The number of carbonyl (C=O) groups is 4. The first-order chi connectivity index (χ1) is 21.9. The number of carbonyl (C=O) groups excluding carboxylic acids is 3. The van der Waals surface area contributed by atoms with Crippen LogP contribution in [0.2, 0.25) is 0 Å². The maximum Gasteiger partial charge on any atom is 0.407 e. The van der Waals surface area contributed by atoms with Gasteiger partial charge in [0, 0.05) is 42.0 Å². The van der Waals surface area contributed by atoms with E-state index in [0.717, 1.165) is 11.1 Å². The summed E-state index contributed by atoms with van der Waals surface area (Å²) in [5.41, 5.74) is 1.67. The predicted octanol–water partition coefficient (Wildman–Crippen LogP) is 5.87. The van der Waals surface area contributed by atoms with E-state index in [9.17, 15) is 28.7 Å². The van der Waals surface area contributed by atoms with E-state index < -0.39 is 36.4 Å². The third-order valence-electron chi connectivity index (χ3n) is 9.26. The van der Waals surface area contributed by atoms with Crippen molar-refractivity contribution in [2.75, 3.05) is 18.5 Å². The fourth-order valence-electron chi connectivity index (χ4n) is 7.01. The summed E-state index contributed by atoms with van der Waals surface area (Å²) < 4.78 is 20.9. The van der Waals surface area contributed by atoms with Crippen molar-refractivity contribution in [3.63, 3.8) is 0 Å². The smallest absolute Gasteiger partial charge is 0.407 e. The molecule has 2 fully saturated rings. The molecular formula is C35H43FN4O6. The van der Waals surface area contributed by atoms with Gasteiger partial charge >= 0.3 is 12.1 Å². The molecule has 1 aliphatic carbocycles. The van der Waals surface area contributed by atoms with Crippen molar-refractivity contribution in [3.05, 3.63) is 65.9 Å². The van der Waals surface area contributed by atoms with Gasteiger partial charge in [-0.1, -0.05) is 30.3 Å². The third-order valence-corrected chi connectivity index (χ3v) is 9.26. The number of anilines is 1. The summed E-state index contributed by atoms with van der Waals surface area (Å²) in [5, 5.41) is 15.9. The first kappa shape index (κ1) is 33.0. The Morgan fingerprint density at radius 2 is 1.70 bits per heavy atom. The number of nitrogens with zero attached hydrogens (tertiary/aromatic N) is 2. The SMILES string of the molecule is Cn1c(C(=O)O)cc2cc(NC(=O)[C@@H]3[C@H](c4ccccc4)CCN3C(=O)C3CCC(C(CF)NC(=O)OC(C)(C)C)CC3)ccc21. The minimum atomic E-state index is -1.04. The first-order valence-electron chi connectivity index (χ1n) is 15.9. The highest BCUT2D eigenvalue weighted by Gasteiger charge is 2.45. The van der Waals surface area contributed by atoms with E-state index >= 15 is 0 Å². The van der Waals surface area contributed by atoms with Crippen LogP contribution in [0, 0.1) is 11.8 Å². The summed E-state index contributed by atoms with van der Waals surface area (Å²) in [6.07, 6.45) is 2.19. The van der Waals surface area contributed by atoms with Gasteiger partial charge in [0.1, 0.15) is 24.0 Å². The number of amides is 3. The molecule has 10 nitrogen and oxygen atoms in total. The lowest BCUT2D eigenvalue weighted by Crippen LogP contribution is -2.49. The zero-order chi connectivity index (χ0) is 33.2. The molecule has 1 saturated carbocycles. The lowest BCUT2D eigenvalue weighted by molar-refractivity contribution is -0.141. The Morgan fingerprint density at radius 1 is 1.00 bits per heavy atom. The molecule has 1 saturated heterocycles. The van der Waals surface area contributed by atoms with Crippen LogP contribution in [-0.2, 0) is 21.4 Å². The maximum atomic E-state index is 14.0. The number of fused-ring (bicyclic) bond motifs is 1. The van der Waals surface area contributed by atoms with E-state index in [1.165, 1.54) is 0 Å². The number of rotatable bonds is 8. The summed E-state index contributed by atoms with van der Waals surface area (Å²) in [7, 11) is 1.68. The Hall–Kier alpha value is -4.41. The molecule has 2 aliphatic rings. The van der Waals surface area contributed by atoms with E-state index in [0.29, 0.717) is 49.7 Å². The summed E-state index contributed by atoms with van der Waals surface area (Å²) in [6, 6.07) is 15.1. The second-order valence-corrected chi connectivity index (χ2v) is 13.5. The van der Waals surface area contributed by atoms with Crippen molar-refractivity contribution in [2.45, 2.75) is 76.5 Å². The van der Waals surface area contributed by atoms with Gasteiger partial charge in [0.05, 0.1) is 6.04 Å². The zero-order valence-corrected chi connectivity index (χ0v) is 26.8. The van der Waals surface area contributed by atoms with Gasteiger partial charge < -0.3 is 29.9 Å². The number of nitrogens with one attached hydrogen (secondary N) is 2. The van der Waals surface area contributed by atoms with E-state index in [1.807, 2.05) is 30.3 Å². The molecule has 1 unspecified atom stereocenters. The molecule has 46 heavy (non-hydrogen) atoms. The molecule has 0 spiro atoms. The number of carboxylic acid groups (broad SMARTS) is 1. The molecule has 246 valence electrons. The normalized spacial score (nSPS) is 22.3. The molecule has 5 rings (SSSR count). The minimum absolute atomic E-state index is 0.0847. The van der Waals surface area contributed by atoms with E-state index in [-0.39, 0.29) is 35.3 Å². The standard InChI is InChI=1S/C35H43FN4O6/c1-35(2,3)46-34(45)38-27(20-36)22-10-12-23(13-11-22)32(42)40-17-16-26(21-8-6-5-7-9-21)30(40)31(41)37-25-14-15-28-24(18-25)19-29(33(43)44)39(28)4/h5-9,14-15,18-19,22-23,26-27,30H,10-13,16-17,20H2,1-4H3,(H,37,41)(H,38,45)(H,43,44)/t22?,23?,26-,27?,30-/m0/s1. The molecule has 3 amide bonds. The van der Waals surface area contributed by atoms with E-state index in [2.05, 4.69) is 10.6 Å². The Labute approximate surface area is 268 Å². The van der Waals surface area contributed by atoms with Crippen LogP contribution in [0.15, 0.2) is 54.6 Å². The average molecular weight is 635 g/mol. The Bertz CT molecular complexity index is 1590. The van der Waals surface area contributed by atoms with E-state index in [1.54, 1.807) is 61.6 Å². The molecule has 3 atom stereocenters. The Morgan fingerprint density at radius 3 is 2.33 bits per heavy atom. The predicted molar refractivity (Wildman–Crippen MR) is 172 cm³/mol. The van der Waals surface area contributed by atoms with Gasteiger partial charge in [0.25, 0.3) is 0 Å². The monoisotopic (exact) mass is 634 g/mol. The number of carboxylic acids is 1. The average Bonchev–Trinajstić information content (AvgIpc) is 3.61. The van der Waals surface area contributed by atoms with Crippen LogP contribution in [0.5, 0.6) is 0 Å². The van der Waals surface area contributed by atoms with Gasteiger partial charge in [-0.25, -0.2) is 14.0 Å². The molecule has 3 aromatic rings. The molecule has 2 aromatic carbocycles. The number of hydrogen-bond acceptors (Lipinski definition) is 5. The number of aryl methyl sites for hydroxylation is 1. The van der Waals surface area contributed by atoms with Crippen LogP contribution in [-0.4, -0.2) is 69.4 Å². The van der Waals surface area contributed by atoms with Gasteiger partial charge in [-0.15, -0.1) is 0 Å². The molecule has 0 radical (unpaired) electrons. The van der Waals surface area contributed by atoms with Crippen LogP contribution in [0.3, 0.4) is 0 Å². The van der Waals surface area contributed by atoms with Gasteiger partial charge in [-0.05, 0) is 88.6 Å². The summed E-state index contributed by atoms with van der Waals surface area (Å²) in [4.78, 5) is 53.6. The number of alkyl carbamates (subject to hydrolysis) is 1. The number of likely N-dealkylation sites (tertiary alicyclic amines) is 1. The molecule has 0 bridgehead atoms. The van der Waals surface area contributed by atoms with Gasteiger partial charge in [-0.2, -0.15) is 0 Å². The molecular weight excluding hydrogens is 591 g/mol. The van der Waals surface area contributed by atoms with Crippen molar-refractivity contribution in [3.8, 4) is 0 Å². The maximum absolute atomic E-state index is 14.0. The number of aromatic carboxylic acids is 1. The van der Waals surface area contributed by atoms with Crippen molar-refractivity contribution in [1.82, 2.24) is 14.8 Å². The fourth-order valence-corrected chi connectivity index (χ4v) is 7.01. The van der Waals surface area contributed by atoms with Gasteiger partial charge in [0.2, 0.25) is 11.8 Å². The van der Waals surface area contributed by atoms with Crippen LogP contribution in [0.25, 0.3) is 10.9 Å². The third kappa shape index (κ3) is 7.18. The highest BCUT2D eigenvalue weighted by atomic mass is 19.1. The molecule has 1 aliphatic heterocycles. The minimum Gasteiger partial charge on any atom is -0.477 e. The lowest BCUT2D eigenvalue weighted by atomic mass is 9.78. The second kappa shape index (κ2) is 13.5. The van der Waals surface area contributed by atoms with Crippen LogP contribution in [0.4, 0.5) is 14.9 Å². The number of ether oxygens (including phenoxy) is 1. The molecule has 11 heteroatoms. The summed E-state index contributed by atoms with van der Waals surface area (Å²) >= 11 is 0. The highest BCUT2D eigenvalue weighted by molar-refractivity contribution is 6.01. The highest BCUT2D eigenvalue weighted by Crippen LogP contribution is 2.39. The van der Waals surface area contributed by atoms with Crippen LogP contribution >= 0.6 is 0 Å². The number of aromatic nitrogens is 1. The second-order valence-electron chi connectivity index (χ2n) is 13.5. The number of halogens is 1. The van der Waals surface area contributed by atoms with Crippen LogP contribution < -0.4 is 10.6 Å². The molecule has 3 N–H and O–H groups in total. The summed E-state index contributed by atoms with van der Waals surface area (Å²) in [5.74, 6) is -2.05. The number of hydrogen-bond donors (Lipinski definition) is 3. The molecule has 2 heterocycles. The quantitative estimate of drug-likeness (QED) is 0.284. The van der Waals surface area contributed by atoms with Crippen molar-refractivity contribution in [1.29, 1.82) is 0 Å². The van der Waals surface area contributed by atoms with Gasteiger partial charge in [0.15, 0.2) is 0 Å². The number of alkyl halides is 1. The van der Waals surface area contributed by atoms with Crippen molar-refractivity contribution in [2.24, 2.45) is 18.9 Å². The van der Waals surface area contributed by atoms with Crippen molar-refractivity contribution >= 4 is 40.5 Å². The zero-order valence-electron chi connectivity index (χ0n) is 26.8.